The van der Waals surface area contributed by atoms with Gasteiger partial charge >= 0.3 is 0 Å². The van der Waals surface area contributed by atoms with Gasteiger partial charge in [-0.2, -0.15) is 11.8 Å². The Kier molecular flexibility index (Phi) is 6.94. The number of nitrogens with one attached hydrogen (secondary N) is 1. The van der Waals surface area contributed by atoms with Crippen LogP contribution in [0.3, 0.4) is 0 Å². The molecule has 1 N–H and O–H groups in total. The predicted molar refractivity (Wildman–Crippen MR) is 126 cm³/mol. The molecule has 0 spiro atoms. The Morgan fingerprint density at radius 2 is 1.81 bits per heavy atom. The van der Waals surface area contributed by atoms with Crippen LogP contribution in [0.1, 0.15) is 36.3 Å². The first-order chi connectivity index (χ1) is 15.2. The van der Waals surface area contributed by atoms with Crippen molar-refractivity contribution in [1.29, 1.82) is 0 Å². The van der Waals surface area contributed by atoms with Gasteiger partial charge in [-0.3, -0.25) is 9.20 Å². The lowest BCUT2D eigenvalue weighted by Crippen LogP contribution is -2.32. The summed E-state index contributed by atoms with van der Waals surface area (Å²) in [4.78, 5) is 13.2. The van der Waals surface area contributed by atoms with Gasteiger partial charge in [-0.15, -0.1) is 10.2 Å². The van der Waals surface area contributed by atoms with Crippen LogP contribution in [0.25, 0.3) is 5.65 Å². The highest BCUT2D eigenvalue weighted by atomic mass is 35.5. The number of halogens is 1. The van der Waals surface area contributed by atoms with Crippen LogP contribution in [0, 0.1) is 0 Å². The molecular formula is C23H24ClN5OS. The number of carbonyl (C=O) groups excluding carboxylic acids is 1. The Morgan fingerprint density at radius 1 is 1.06 bits per heavy atom. The Bertz CT molecular complexity index is 1130. The number of carbonyl (C=O) groups is 1. The van der Waals surface area contributed by atoms with Gasteiger partial charge in [0.05, 0.1) is 18.5 Å². The molecule has 0 aliphatic rings. The summed E-state index contributed by atoms with van der Waals surface area (Å²) < 4.78 is 3.99. The minimum atomic E-state index is -0.215. The van der Waals surface area contributed by atoms with Crippen molar-refractivity contribution < 1.29 is 4.79 Å². The lowest BCUT2D eigenvalue weighted by atomic mass is 10.0. The van der Waals surface area contributed by atoms with Crippen LogP contribution in [0.5, 0.6) is 0 Å². The summed E-state index contributed by atoms with van der Waals surface area (Å²) in [5.74, 6) is 1.62. The molecule has 1 amide bonds. The van der Waals surface area contributed by atoms with Crippen molar-refractivity contribution in [3.63, 3.8) is 0 Å². The summed E-state index contributed by atoms with van der Waals surface area (Å²) in [5, 5.41) is 12.5. The van der Waals surface area contributed by atoms with Gasteiger partial charge in [-0.25, -0.2) is 0 Å². The number of nitrogens with zero attached hydrogens (tertiary/aromatic N) is 4. The first kappa shape index (κ1) is 21.5. The van der Waals surface area contributed by atoms with E-state index in [1.54, 1.807) is 11.8 Å². The zero-order valence-electron chi connectivity index (χ0n) is 17.2. The topological polar surface area (TPSA) is 64.2 Å². The average molecular weight is 454 g/mol. The summed E-state index contributed by atoms with van der Waals surface area (Å²) >= 11 is 7.81. The molecule has 3 aromatic heterocycles. The molecule has 0 saturated heterocycles. The quantitative estimate of drug-likeness (QED) is 0.396. The van der Waals surface area contributed by atoms with Crippen molar-refractivity contribution >= 4 is 34.9 Å². The number of pyridine rings is 1. The molecule has 160 valence electrons. The van der Waals surface area contributed by atoms with E-state index < -0.39 is 0 Å². The molecule has 2 atom stereocenters. The summed E-state index contributed by atoms with van der Waals surface area (Å²) in [6.45, 7) is 0. The Balaban J connectivity index is 1.56. The lowest BCUT2D eigenvalue weighted by Gasteiger charge is -2.22. The fourth-order valence-corrected chi connectivity index (χ4v) is 4.26. The monoisotopic (exact) mass is 453 g/mol. The van der Waals surface area contributed by atoms with E-state index in [2.05, 4.69) is 21.8 Å². The predicted octanol–water partition coefficient (Wildman–Crippen LogP) is 4.77. The second kappa shape index (κ2) is 10.0. The highest BCUT2D eigenvalue weighted by Crippen LogP contribution is 2.25. The number of hydrogen-bond acceptors (Lipinski definition) is 4. The molecule has 0 saturated carbocycles. The van der Waals surface area contributed by atoms with Gasteiger partial charge in [-0.1, -0.05) is 29.8 Å². The van der Waals surface area contributed by atoms with E-state index in [0.29, 0.717) is 11.4 Å². The summed E-state index contributed by atoms with van der Waals surface area (Å²) in [6, 6.07) is 17.0. The van der Waals surface area contributed by atoms with Gasteiger partial charge in [0.1, 0.15) is 0 Å². The fourth-order valence-electron chi connectivity index (χ4n) is 3.66. The first-order valence-electron chi connectivity index (χ1n) is 10.1. The third kappa shape index (κ3) is 5.11. The normalized spacial score (nSPS) is 13.2. The van der Waals surface area contributed by atoms with Crippen molar-refractivity contribution in [3.05, 3.63) is 89.6 Å². The number of aromatic nitrogens is 4. The van der Waals surface area contributed by atoms with Gasteiger partial charge < -0.3 is 9.88 Å². The third-order valence-corrected chi connectivity index (χ3v) is 6.11. The van der Waals surface area contributed by atoms with E-state index in [1.165, 1.54) is 0 Å². The maximum absolute atomic E-state index is 13.2. The molecule has 4 aromatic rings. The number of hydrogen-bond donors (Lipinski definition) is 1. The van der Waals surface area contributed by atoms with Crippen LogP contribution in [-0.4, -0.2) is 37.1 Å². The fraction of sp³-hybridized carbons (Fsp3) is 0.261. The summed E-state index contributed by atoms with van der Waals surface area (Å²) in [6.07, 6.45) is 9.02. The molecule has 0 aliphatic carbocycles. The van der Waals surface area contributed by atoms with Crippen molar-refractivity contribution in [2.75, 3.05) is 12.0 Å². The molecule has 8 heteroatoms. The Labute approximate surface area is 190 Å². The standard InChI is InChI=1S/C23H24ClN5OS/c1-31-15-11-19(23-27-26-21-6-2-3-14-29(21)23)25-22(30)16-20(28-12-4-5-13-28)17-7-9-18(24)10-8-17/h2-10,12-14,19-20H,11,15-16H2,1H3,(H,25,30)/t19-,20?/m0/s1. The molecule has 0 radical (unpaired) electrons. The van der Waals surface area contributed by atoms with E-state index >= 15 is 0 Å². The molecule has 1 aromatic carbocycles. The zero-order valence-corrected chi connectivity index (χ0v) is 18.8. The van der Waals surface area contributed by atoms with Crippen LogP contribution in [0.4, 0.5) is 0 Å². The molecular weight excluding hydrogens is 430 g/mol. The highest BCUT2D eigenvalue weighted by Gasteiger charge is 2.23. The van der Waals surface area contributed by atoms with E-state index in [0.717, 1.165) is 29.2 Å². The van der Waals surface area contributed by atoms with Gasteiger partial charge in [0, 0.05) is 23.6 Å². The van der Waals surface area contributed by atoms with Crippen molar-refractivity contribution in [3.8, 4) is 0 Å². The van der Waals surface area contributed by atoms with Crippen molar-refractivity contribution in [2.45, 2.75) is 24.9 Å². The smallest absolute Gasteiger partial charge is 0.223 e. The van der Waals surface area contributed by atoms with E-state index in [-0.39, 0.29) is 18.0 Å². The van der Waals surface area contributed by atoms with Crippen molar-refractivity contribution in [2.24, 2.45) is 0 Å². The number of amides is 1. The van der Waals surface area contributed by atoms with Gasteiger partial charge in [-0.05, 0) is 60.4 Å². The third-order valence-electron chi connectivity index (χ3n) is 5.22. The lowest BCUT2D eigenvalue weighted by molar-refractivity contribution is -0.122. The van der Waals surface area contributed by atoms with Gasteiger partial charge in [0.2, 0.25) is 5.91 Å². The average Bonchev–Trinajstić information content (AvgIpc) is 3.46. The summed E-state index contributed by atoms with van der Waals surface area (Å²) in [7, 11) is 0. The van der Waals surface area contributed by atoms with E-state index in [9.17, 15) is 4.79 Å². The van der Waals surface area contributed by atoms with Gasteiger partial charge in [0.25, 0.3) is 0 Å². The molecule has 0 bridgehead atoms. The number of thioether (sulfide) groups is 1. The number of fused-ring (bicyclic) bond motifs is 1. The molecule has 4 rings (SSSR count). The minimum absolute atomic E-state index is 0.0348. The Morgan fingerprint density at radius 3 is 2.55 bits per heavy atom. The molecule has 3 heterocycles. The number of benzene rings is 1. The second-order valence-electron chi connectivity index (χ2n) is 7.29. The maximum Gasteiger partial charge on any atom is 0.223 e. The number of rotatable bonds is 9. The van der Waals surface area contributed by atoms with Crippen LogP contribution in [0.15, 0.2) is 73.2 Å². The largest absolute Gasteiger partial charge is 0.346 e. The highest BCUT2D eigenvalue weighted by molar-refractivity contribution is 7.98. The van der Waals surface area contributed by atoms with Crippen LogP contribution < -0.4 is 5.32 Å². The molecule has 1 unspecified atom stereocenters. The van der Waals surface area contributed by atoms with Gasteiger partial charge in [0.15, 0.2) is 11.5 Å². The van der Waals surface area contributed by atoms with Crippen LogP contribution in [0.2, 0.25) is 5.02 Å². The van der Waals surface area contributed by atoms with E-state index in [4.69, 9.17) is 11.6 Å². The zero-order chi connectivity index (χ0) is 21.6. The van der Waals surface area contributed by atoms with Crippen LogP contribution >= 0.6 is 23.4 Å². The SMILES string of the molecule is CSCC[C@H](NC(=O)CC(c1ccc(Cl)cc1)n1cccc1)c1nnc2ccccn12. The first-order valence-corrected chi connectivity index (χ1v) is 11.9. The van der Waals surface area contributed by atoms with E-state index in [1.807, 2.05) is 82.2 Å². The Hall–Kier alpha value is -2.77. The van der Waals surface area contributed by atoms with Crippen molar-refractivity contribution in [1.82, 2.24) is 24.5 Å². The summed E-state index contributed by atoms with van der Waals surface area (Å²) in [5.41, 5.74) is 1.80. The molecule has 31 heavy (non-hydrogen) atoms. The molecule has 0 fully saturated rings. The van der Waals surface area contributed by atoms with Crippen LogP contribution in [-0.2, 0) is 4.79 Å². The second-order valence-corrected chi connectivity index (χ2v) is 8.71. The molecule has 0 aliphatic heterocycles. The maximum atomic E-state index is 13.2. The molecule has 6 nitrogen and oxygen atoms in total. The minimum Gasteiger partial charge on any atom is -0.346 e.